The van der Waals surface area contributed by atoms with Crippen molar-refractivity contribution >= 4 is 52.5 Å². The summed E-state index contributed by atoms with van der Waals surface area (Å²) in [6, 6.07) is 14.4. The highest BCUT2D eigenvalue weighted by molar-refractivity contribution is 6.68. The van der Waals surface area contributed by atoms with E-state index in [-0.39, 0.29) is 11.4 Å². The van der Waals surface area contributed by atoms with Gasteiger partial charge in [0.15, 0.2) is 0 Å². The number of rotatable bonds is 6. The van der Waals surface area contributed by atoms with Gasteiger partial charge in [0.1, 0.15) is 5.75 Å². The molecule has 2 aromatic rings. The van der Waals surface area contributed by atoms with Crippen LogP contribution in [0.1, 0.15) is 5.56 Å². The zero-order chi connectivity index (χ0) is 19.2. The van der Waals surface area contributed by atoms with Crippen molar-refractivity contribution in [1.82, 2.24) is 5.32 Å². The van der Waals surface area contributed by atoms with E-state index in [1.165, 1.54) is 24.3 Å². The third-order valence-corrected chi connectivity index (χ3v) is 3.67. The van der Waals surface area contributed by atoms with Gasteiger partial charge in [0, 0.05) is 12.1 Å². The highest BCUT2D eigenvalue weighted by atomic mass is 35.6. The molecule has 0 fully saturated rings. The number of hydrogen-bond acceptors (Lipinski definition) is 4. The molecule has 0 aliphatic rings. The van der Waals surface area contributed by atoms with E-state index in [0.717, 1.165) is 11.6 Å². The van der Waals surface area contributed by atoms with Gasteiger partial charge < -0.3 is 10.1 Å². The highest BCUT2D eigenvalue weighted by Crippen LogP contribution is 2.32. The van der Waals surface area contributed by atoms with Crippen LogP contribution in [0.15, 0.2) is 60.7 Å². The maximum Gasteiger partial charge on any atom is 0.273 e. The molecule has 0 aliphatic carbocycles. The fourth-order valence-corrected chi connectivity index (χ4v) is 2.20. The molecule has 136 valence electrons. The third-order valence-electron chi connectivity index (χ3n) is 3.08. The molecule has 0 heterocycles. The number of amides is 1. The van der Waals surface area contributed by atoms with Gasteiger partial charge in [0.2, 0.25) is 15.9 Å². The van der Waals surface area contributed by atoms with Crippen LogP contribution in [0.2, 0.25) is 0 Å². The summed E-state index contributed by atoms with van der Waals surface area (Å²) < 4.78 is 3.43. The monoisotopic (exact) mass is 414 g/mol. The zero-order valence-electron chi connectivity index (χ0n) is 13.1. The molecule has 1 amide bonds. The minimum atomic E-state index is -2.00. The van der Waals surface area contributed by atoms with Crippen molar-refractivity contribution in [3.63, 3.8) is 0 Å². The average Bonchev–Trinajstić information content (AvgIpc) is 2.60. The van der Waals surface area contributed by atoms with Gasteiger partial charge in [-0.25, -0.2) is 0 Å². The Kier molecular flexibility index (Phi) is 6.85. The fourth-order valence-electron chi connectivity index (χ4n) is 1.90. The zero-order valence-corrected chi connectivity index (χ0v) is 15.4. The first kappa shape index (κ1) is 20.0. The molecule has 9 heteroatoms. The minimum Gasteiger partial charge on any atom is -0.466 e. The van der Waals surface area contributed by atoms with E-state index in [4.69, 9.17) is 39.5 Å². The number of nitro groups is 1. The molecule has 0 bridgehead atoms. The van der Waals surface area contributed by atoms with Crippen LogP contribution in [0, 0.1) is 10.1 Å². The van der Waals surface area contributed by atoms with Crippen molar-refractivity contribution in [1.29, 1.82) is 0 Å². The Labute approximate surface area is 164 Å². The quantitative estimate of drug-likeness (QED) is 0.248. The number of carbonyl (C=O) groups is 1. The maximum absolute atomic E-state index is 12.1. The van der Waals surface area contributed by atoms with Crippen molar-refractivity contribution in [2.75, 3.05) is 0 Å². The van der Waals surface area contributed by atoms with E-state index in [2.05, 4.69) is 5.32 Å². The normalized spacial score (nSPS) is 12.6. The lowest BCUT2D eigenvalue weighted by Gasteiger charge is -2.25. The summed E-state index contributed by atoms with van der Waals surface area (Å²) in [4.78, 5) is 22.3. The van der Waals surface area contributed by atoms with Crippen LogP contribution in [0.3, 0.4) is 0 Å². The lowest BCUT2D eigenvalue weighted by atomic mass is 10.2. The van der Waals surface area contributed by atoms with Crippen molar-refractivity contribution in [2.24, 2.45) is 0 Å². The van der Waals surface area contributed by atoms with E-state index < -0.39 is 20.9 Å². The summed E-state index contributed by atoms with van der Waals surface area (Å²) in [7, 11) is 0. The molecule has 2 rings (SSSR count). The summed E-state index contributed by atoms with van der Waals surface area (Å²) in [6.45, 7) is 0. The van der Waals surface area contributed by atoms with Crippen LogP contribution >= 0.6 is 34.8 Å². The van der Waals surface area contributed by atoms with Crippen molar-refractivity contribution < 1.29 is 14.5 Å². The highest BCUT2D eigenvalue weighted by Gasteiger charge is 2.36. The number of nitro benzene ring substituents is 1. The Morgan fingerprint density at radius 3 is 2.46 bits per heavy atom. The SMILES string of the molecule is O=C(C=Cc1ccccc1)NC(Oc1cccc([N+](=O)[O-])c1)C(Cl)(Cl)Cl. The molecule has 0 aliphatic heterocycles. The van der Waals surface area contributed by atoms with Crippen LogP contribution in [0.25, 0.3) is 6.08 Å². The third kappa shape index (κ3) is 6.22. The maximum atomic E-state index is 12.1. The van der Waals surface area contributed by atoms with Gasteiger partial charge in [-0.15, -0.1) is 0 Å². The van der Waals surface area contributed by atoms with Gasteiger partial charge in [-0.1, -0.05) is 71.2 Å². The van der Waals surface area contributed by atoms with Gasteiger partial charge in [-0.05, 0) is 17.7 Å². The first-order valence-electron chi connectivity index (χ1n) is 7.27. The summed E-state index contributed by atoms with van der Waals surface area (Å²) in [6.07, 6.45) is 1.48. The van der Waals surface area contributed by atoms with Gasteiger partial charge in [0.25, 0.3) is 5.69 Å². The Morgan fingerprint density at radius 1 is 1.15 bits per heavy atom. The van der Waals surface area contributed by atoms with Gasteiger partial charge >= 0.3 is 0 Å². The van der Waals surface area contributed by atoms with E-state index >= 15 is 0 Å². The molecule has 0 radical (unpaired) electrons. The fraction of sp³-hybridized carbons (Fsp3) is 0.118. The molecule has 6 nitrogen and oxygen atoms in total. The first-order chi connectivity index (χ1) is 12.3. The molecule has 0 spiro atoms. The Balaban J connectivity index is 2.10. The molecule has 2 aromatic carbocycles. The largest absolute Gasteiger partial charge is 0.466 e. The predicted molar refractivity (Wildman–Crippen MR) is 101 cm³/mol. The molecule has 1 N–H and O–H groups in total. The smallest absolute Gasteiger partial charge is 0.273 e. The number of carbonyl (C=O) groups excluding carboxylic acids is 1. The molecule has 0 saturated carbocycles. The number of benzene rings is 2. The van der Waals surface area contributed by atoms with E-state index in [0.29, 0.717) is 0 Å². The number of hydrogen-bond donors (Lipinski definition) is 1. The lowest BCUT2D eigenvalue weighted by Crippen LogP contribution is -2.47. The summed E-state index contributed by atoms with van der Waals surface area (Å²) in [5.74, 6) is -0.488. The van der Waals surface area contributed by atoms with E-state index in [1.807, 2.05) is 30.3 Å². The van der Waals surface area contributed by atoms with Crippen LogP contribution < -0.4 is 10.1 Å². The second-order valence-corrected chi connectivity index (χ2v) is 7.42. The Morgan fingerprint density at radius 2 is 1.85 bits per heavy atom. The molecule has 1 atom stereocenters. The minimum absolute atomic E-state index is 0.0721. The second-order valence-electron chi connectivity index (χ2n) is 5.05. The molecule has 26 heavy (non-hydrogen) atoms. The number of halogens is 3. The summed E-state index contributed by atoms with van der Waals surface area (Å²) in [5, 5.41) is 13.2. The van der Waals surface area contributed by atoms with Crippen LogP contribution in [-0.2, 0) is 4.79 Å². The molecular formula is C17H13Cl3N2O4. The number of nitrogens with one attached hydrogen (secondary N) is 1. The standard InChI is InChI=1S/C17H13Cl3N2O4/c18-17(19,20)16(26-14-8-4-7-13(11-14)22(24)25)21-15(23)10-9-12-5-2-1-3-6-12/h1-11,16H,(H,21,23). The van der Waals surface area contributed by atoms with Gasteiger partial charge in [-0.3, -0.25) is 14.9 Å². The van der Waals surface area contributed by atoms with Crippen LogP contribution in [-0.4, -0.2) is 20.9 Å². The van der Waals surface area contributed by atoms with E-state index in [9.17, 15) is 14.9 Å². The van der Waals surface area contributed by atoms with E-state index in [1.54, 1.807) is 6.08 Å². The average molecular weight is 416 g/mol. The van der Waals surface area contributed by atoms with Crippen molar-refractivity contribution in [3.05, 3.63) is 76.4 Å². The molecule has 1 unspecified atom stereocenters. The number of non-ortho nitro benzene ring substituents is 1. The summed E-state index contributed by atoms with van der Waals surface area (Å²) in [5.41, 5.74) is 0.619. The molecule has 0 saturated heterocycles. The second kappa shape index (κ2) is 8.89. The topological polar surface area (TPSA) is 81.5 Å². The lowest BCUT2D eigenvalue weighted by molar-refractivity contribution is -0.384. The number of ether oxygens (including phenoxy) is 1. The Bertz CT molecular complexity index is 807. The molecular weight excluding hydrogens is 403 g/mol. The van der Waals surface area contributed by atoms with Crippen LogP contribution in [0.4, 0.5) is 5.69 Å². The number of nitrogens with zero attached hydrogens (tertiary/aromatic N) is 1. The summed E-state index contributed by atoms with van der Waals surface area (Å²) >= 11 is 17.5. The van der Waals surface area contributed by atoms with Crippen LogP contribution in [0.5, 0.6) is 5.75 Å². The van der Waals surface area contributed by atoms with Gasteiger partial charge in [0.05, 0.1) is 11.0 Å². The molecule has 0 aromatic heterocycles. The van der Waals surface area contributed by atoms with Crippen molar-refractivity contribution in [2.45, 2.75) is 10.0 Å². The number of alkyl halides is 3. The van der Waals surface area contributed by atoms with Gasteiger partial charge in [-0.2, -0.15) is 0 Å². The predicted octanol–water partition coefficient (Wildman–Crippen LogP) is 4.50. The Hall–Kier alpha value is -2.28. The first-order valence-corrected chi connectivity index (χ1v) is 8.40. The van der Waals surface area contributed by atoms with Crippen molar-refractivity contribution in [3.8, 4) is 5.75 Å².